The zero-order chi connectivity index (χ0) is 23.3. The predicted octanol–water partition coefficient (Wildman–Crippen LogP) is 1.34. The summed E-state index contributed by atoms with van der Waals surface area (Å²) in [6, 6.07) is 0.273. The third-order valence-electron chi connectivity index (χ3n) is 6.72. The monoisotopic (exact) mass is 455 g/mol. The van der Waals surface area contributed by atoms with Gasteiger partial charge in [0.2, 0.25) is 5.95 Å². The normalized spacial score (nSPS) is 28.6. The fourth-order valence-corrected chi connectivity index (χ4v) is 4.99. The Balaban J connectivity index is 1.69. The summed E-state index contributed by atoms with van der Waals surface area (Å²) in [5.74, 6) is 1.34. The van der Waals surface area contributed by atoms with Gasteiger partial charge in [-0.2, -0.15) is 23.3 Å². The number of hydrogen-bond donors (Lipinski definition) is 2. The molecule has 2 aliphatic rings. The van der Waals surface area contributed by atoms with E-state index in [4.69, 9.17) is 4.74 Å². The van der Waals surface area contributed by atoms with Gasteiger partial charge in [0.1, 0.15) is 23.3 Å². The van der Waals surface area contributed by atoms with E-state index in [1.54, 1.807) is 30.2 Å². The van der Waals surface area contributed by atoms with E-state index in [1.165, 1.54) is 7.11 Å². The first-order chi connectivity index (χ1) is 15.0. The molecule has 0 aromatic carbocycles. The fourth-order valence-electron chi connectivity index (χ4n) is 4.99. The van der Waals surface area contributed by atoms with Gasteiger partial charge < -0.3 is 24.9 Å². The van der Waals surface area contributed by atoms with Crippen LogP contribution < -0.4 is 15.3 Å². The van der Waals surface area contributed by atoms with Gasteiger partial charge in [-0.05, 0) is 13.8 Å². The van der Waals surface area contributed by atoms with Gasteiger partial charge in [0.25, 0.3) is 6.09 Å². The number of alkyl halides is 3. The molecular weight excluding hydrogens is 431 g/mol. The summed E-state index contributed by atoms with van der Waals surface area (Å²) >= 11 is 0. The Hall–Kier alpha value is -2.93. The Morgan fingerprint density at radius 1 is 1.47 bits per heavy atom. The van der Waals surface area contributed by atoms with E-state index < -0.39 is 34.4 Å². The van der Waals surface area contributed by atoms with Crippen LogP contribution in [0.4, 0.5) is 35.5 Å². The van der Waals surface area contributed by atoms with Crippen LogP contribution in [0.5, 0.6) is 0 Å². The number of likely N-dealkylation sites (tertiary alicyclic amines) is 1. The van der Waals surface area contributed by atoms with Gasteiger partial charge in [-0.15, -0.1) is 0 Å². The van der Waals surface area contributed by atoms with E-state index in [1.807, 2.05) is 0 Å². The number of aromatic amines is 1. The Bertz CT molecular complexity index is 1000. The number of fused-ring (bicyclic) bond motifs is 1. The molecule has 2 aromatic heterocycles. The number of carboxylic acid groups (broad SMARTS) is 1. The van der Waals surface area contributed by atoms with Crippen LogP contribution in [0.2, 0.25) is 0 Å². The van der Waals surface area contributed by atoms with Crippen LogP contribution in [0.25, 0.3) is 0 Å². The SMILES string of the molecule is CO[C@@]12CC[N+](C(=O)[O-])(C(C)C(F)(F)F)[C@@H]1CN(c1nc(C)cc(Nc3ccn[nH]3)n1)C2. The van der Waals surface area contributed by atoms with Gasteiger partial charge in [-0.1, -0.05) is 0 Å². The number of quaternary nitrogens is 1. The van der Waals surface area contributed by atoms with Crippen molar-refractivity contribution in [3.8, 4) is 0 Å². The van der Waals surface area contributed by atoms with Crippen LogP contribution in [0, 0.1) is 6.92 Å². The van der Waals surface area contributed by atoms with Crippen LogP contribution in [0.1, 0.15) is 19.0 Å². The second-order valence-corrected chi connectivity index (χ2v) is 8.34. The van der Waals surface area contributed by atoms with E-state index in [0.717, 1.165) is 6.92 Å². The number of nitrogens with zero attached hydrogens (tertiary/aromatic N) is 5. The lowest BCUT2D eigenvalue weighted by molar-refractivity contribution is -0.920. The number of rotatable bonds is 5. The summed E-state index contributed by atoms with van der Waals surface area (Å²) in [6.07, 6.45) is -4.75. The number of methoxy groups -OCH3 is 1. The third kappa shape index (κ3) is 3.45. The van der Waals surface area contributed by atoms with Crippen molar-refractivity contribution in [2.45, 2.75) is 44.1 Å². The number of aromatic nitrogens is 4. The molecule has 2 saturated heterocycles. The number of amides is 1. The van der Waals surface area contributed by atoms with Crippen molar-refractivity contribution < 1.29 is 32.3 Å². The fraction of sp³-hybridized carbons (Fsp3) is 0.579. The number of aryl methyl sites for hydroxylation is 1. The minimum atomic E-state index is -4.71. The van der Waals surface area contributed by atoms with E-state index in [0.29, 0.717) is 17.3 Å². The maximum atomic E-state index is 13.7. The second kappa shape index (κ2) is 7.59. The molecule has 4 heterocycles. The first-order valence-electron chi connectivity index (χ1n) is 10.1. The molecule has 2 unspecified atom stereocenters. The lowest BCUT2D eigenvalue weighted by atomic mass is 9.97. The summed E-state index contributed by atoms with van der Waals surface area (Å²) in [4.78, 5) is 22.8. The van der Waals surface area contributed by atoms with Crippen molar-refractivity contribution in [2.75, 3.05) is 37.0 Å². The molecule has 2 N–H and O–H groups in total. The largest absolute Gasteiger partial charge is 0.498 e. The highest BCUT2D eigenvalue weighted by atomic mass is 19.4. The van der Waals surface area contributed by atoms with Gasteiger partial charge in [0.05, 0.1) is 25.8 Å². The number of H-pyrrole nitrogens is 1. The Kier molecular flexibility index (Phi) is 5.28. The van der Waals surface area contributed by atoms with Crippen LogP contribution in [0.15, 0.2) is 18.3 Å². The van der Waals surface area contributed by atoms with Crippen LogP contribution >= 0.6 is 0 Å². The second-order valence-electron chi connectivity index (χ2n) is 8.34. The minimum Gasteiger partial charge on any atom is -0.498 e. The van der Waals surface area contributed by atoms with E-state index in [-0.39, 0.29) is 32.0 Å². The van der Waals surface area contributed by atoms with Gasteiger partial charge in [-0.3, -0.25) is 9.58 Å². The average molecular weight is 455 g/mol. The number of ether oxygens (including phenoxy) is 1. The first kappa shape index (κ1) is 22.3. The molecule has 0 spiro atoms. The number of nitrogens with one attached hydrogen (secondary N) is 2. The van der Waals surface area contributed by atoms with Crippen molar-refractivity contribution in [3.63, 3.8) is 0 Å². The maximum absolute atomic E-state index is 13.7. The van der Waals surface area contributed by atoms with Crippen molar-refractivity contribution in [1.29, 1.82) is 0 Å². The van der Waals surface area contributed by atoms with Crippen LogP contribution in [0.3, 0.4) is 0 Å². The highest BCUT2D eigenvalue weighted by Gasteiger charge is 2.69. The van der Waals surface area contributed by atoms with Gasteiger partial charge in [-0.25, -0.2) is 4.98 Å². The molecule has 13 heteroatoms. The zero-order valence-corrected chi connectivity index (χ0v) is 17.8. The highest BCUT2D eigenvalue weighted by molar-refractivity contribution is 5.57. The molecule has 0 radical (unpaired) electrons. The average Bonchev–Trinajstić information content (AvgIpc) is 3.41. The summed E-state index contributed by atoms with van der Waals surface area (Å²) < 4.78 is 45.5. The standard InChI is InChI=1S/C19H24F3N7O3/c1-11-8-15(25-14-4-6-23-27-14)26-16(24-11)28-9-13-18(10-28,32-3)5-7-29(13,17(30)31)12(2)19(20,21)22/h4,6,8,12-13H,5,7,9-10H2,1-3H3,(H2-,23,24,25,26,27,30,31)/t12?,13-,18-,29?/m1/s1. The molecule has 174 valence electrons. The first-order valence-corrected chi connectivity index (χ1v) is 10.1. The van der Waals surface area contributed by atoms with Crippen molar-refractivity contribution in [1.82, 2.24) is 20.2 Å². The maximum Gasteiger partial charge on any atom is 0.441 e. The smallest absolute Gasteiger partial charge is 0.441 e. The number of anilines is 3. The molecule has 0 saturated carbocycles. The van der Waals surface area contributed by atoms with Gasteiger partial charge in [0.15, 0.2) is 6.04 Å². The lowest BCUT2D eigenvalue weighted by Gasteiger charge is -2.45. The van der Waals surface area contributed by atoms with Crippen LogP contribution in [-0.2, 0) is 4.74 Å². The molecule has 10 nitrogen and oxygen atoms in total. The molecule has 0 bridgehead atoms. The summed E-state index contributed by atoms with van der Waals surface area (Å²) in [5.41, 5.74) is -0.464. The molecular formula is C19H24F3N7O3. The molecule has 4 rings (SSSR count). The van der Waals surface area contributed by atoms with Crippen molar-refractivity contribution in [2.24, 2.45) is 0 Å². The summed E-state index contributed by atoms with van der Waals surface area (Å²) in [6.45, 7) is 2.57. The molecule has 1 amide bonds. The highest BCUT2D eigenvalue weighted by Crippen LogP contribution is 2.47. The molecule has 32 heavy (non-hydrogen) atoms. The lowest BCUT2D eigenvalue weighted by Crippen LogP contribution is -2.71. The van der Waals surface area contributed by atoms with E-state index in [9.17, 15) is 23.1 Å². The topological polar surface area (TPSA) is 119 Å². The van der Waals surface area contributed by atoms with Crippen LogP contribution in [-0.4, -0.2) is 81.3 Å². The summed E-state index contributed by atoms with van der Waals surface area (Å²) in [7, 11) is 1.40. The van der Waals surface area contributed by atoms with E-state index >= 15 is 0 Å². The number of carbonyl (C=O) groups excluding carboxylic acids is 1. The molecule has 0 aliphatic carbocycles. The van der Waals surface area contributed by atoms with Gasteiger partial charge >= 0.3 is 6.18 Å². The minimum absolute atomic E-state index is 0.0187. The molecule has 4 atom stereocenters. The predicted molar refractivity (Wildman–Crippen MR) is 105 cm³/mol. The Morgan fingerprint density at radius 2 is 2.22 bits per heavy atom. The Morgan fingerprint density at radius 3 is 2.81 bits per heavy atom. The quantitative estimate of drug-likeness (QED) is 0.649. The third-order valence-corrected chi connectivity index (χ3v) is 6.72. The van der Waals surface area contributed by atoms with Gasteiger partial charge in [0, 0.05) is 31.4 Å². The molecule has 2 aromatic rings. The summed E-state index contributed by atoms with van der Waals surface area (Å²) in [5, 5.41) is 21.8. The zero-order valence-electron chi connectivity index (χ0n) is 17.8. The van der Waals surface area contributed by atoms with E-state index in [2.05, 4.69) is 25.5 Å². The molecule has 2 fully saturated rings. The Labute approximate surface area is 182 Å². The molecule has 2 aliphatic heterocycles. The number of hydrogen-bond acceptors (Lipinski definition) is 8. The number of halogens is 3. The van der Waals surface area contributed by atoms with Crippen molar-refractivity contribution in [3.05, 3.63) is 24.0 Å². The van der Waals surface area contributed by atoms with Crippen molar-refractivity contribution >= 4 is 23.7 Å². The number of carbonyl (C=O) groups is 1.